The maximum absolute atomic E-state index is 13.4. The fourth-order valence-corrected chi connectivity index (χ4v) is 6.15. The van der Waals surface area contributed by atoms with Gasteiger partial charge < -0.3 is 5.32 Å². The zero-order chi connectivity index (χ0) is 28.1. The van der Waals surface area contributed by atoms with Crippen LogP contribution in [0.5, 0.6) is 0 Å². The van der Waals surface area contributed by atoms with Crippen LogP contribution in [0.15, 0.2) is 77.7 Å². The number of hydrogen-bond donors (Lipinski definition) is 2. The Morgan fingerprint density at radius 2 is 1.59 bits per heavy atom. The van der Waals surface area contributed by atoms with Gasteiger partial charge in [0.1, 0.15) is 11.4 Å². The van der Waals surface area contributed by atoms with Crippen molar-refractivity contribution in [2.45, 2.75) is 4.90 Å². The van der Waals surface area contributed by atoms with E-state index in [0.717, 1.165) is 10.6 Å². The van der Waals surface area contributed by atoms with Crippen LogP contribution in [0.25, 0.3) is 16.9 Å². The van der Waals surface area contributed by atoms with Crippen molar-refractivity contribution in [3.63, 3.8) is 0 Å². The van der Waals surface area contributed by atoms with E-state index in [0.29, 0.717) is 22.6 Å². The first-order valence-electron chi connectivity index (χ1n) is 11.2. The van der Waals surface area contributed by atoms with Crippen LogP contribution < -0.4 is 14.3 Å². The Balaban J connectivity index is 1.63. The van der Waals surface area contributed by atoms with Crippen molar-refractivity contribution < 1.29 is 26.6 Å². The topological polar surface area (TPSA) is 174 Å². The number of rotatable bonds is 6. The van der Waals surface area contributed by atoms with E-state index >= 15 is 0 Å². The van der Waals surface area contributed by atoms with Gasteiger partial charge in [-0.05, 0) is 42.5 Å². The highest BCUT2D eigenvalue weighted by molar-refractivity contribution is 7.93. The monoisotopic (exact) mass is 568 g/mol. The first kappa shape index (κ1) is 25.9. The number of amides is 1. The molecule has 0 fully saturated rings. The summed E-state index contributed by atoms with van der Waals surface area (Å²) in [4.78, 5) is 24.1. The lowest BCUT2D eigenvalue weighted by Gasteiger charge is -2.27. The molecule has 13 nitrogen and oxygen atoms in total. The molecule has 5 rings (SSSR count). The summed E-state index contributed by atoms with van der Waals surface area (Å²) in [5, 5.41) is 18.2. The summed E-state index contributed by atoms with van der Waals surface area (Å²) in [7, 11) is -6.20. The SMILES string of the molecule is CN1c2c(C(=O)Nc3ccc(NS(C)(=O)=O)cc3)nn(-c3ccc([N+](=O)[O-])cc3)c2-c2ccccc2S1(=O)=O. The van der Waals surface area contributed by atoms with Crippen LogP contribution in [0.3, 0.4) is 0 Å². The van der Waals surface area contributed by atoms with Crippen LogP contribution in [-0.4, -0.2) is 50.8 Å². The second-order valence-electron chi connectivity index (χ2n) is 8.61. The van der Waals surface area contributed by atoms with Gasteiger partial charge in [-0.25, -0.2) is 21.5 Å². The Labute approximate surface area is 222 Å². The number of benzene rings is 3. The van der Waals surface area contributed by atoms with Crippen molar-refractivity contribution in [1.82, 2.24) is 9.78 Å². The number of carbonyl (C=O) groups is 1. The van der Waals surface area contributed by atoms with E-state index in [4.69, 9.17) is 0 Å². The van der Waals surface area contributed by atoms with Crippen molar-refractivity contribution in [2.24, 2.45) is 0 Å². The largest absolute Gasteiger partial charge is 0.321 e. The number of nitrogens with one attached hydrogen (secondary N) is 2. The van der Waals surface area contributed by atoms with Crippen LogP contribution in [0.2, 0.25) is 0 Å². The molecule has 2 heterocycles. The molecule has 200 valence electrons. The van der Waals surface area contributed by atoms with Gasteiger partial charge in [-0.15, -0.1) is 0 Å². The van der Waals surface area contributed by atoms with Gasteiger partial charge in [-0.3, -0.25) is 23.9 Å². The molecule has 0 bridgehead atoms. The highest BCUT2D eigenvalue weighted by Gasteiger charge is 2.39. The maximum Gasteiger partial charge on any atom is 0.278 e. The number of anilines is 3. The minimum absolute atomic E-state index is 0.0176. The predicted molar refractivity (Wildman–Crippen MR) is 144 cm³/mol. The van der Waals surface area contributed by atoms with Crippen LogP contribution in [-0.2, 0) is 20.0 Å². The summed E-state index contributed by atoms with van der Waals surface area (Å²) < 4.78 is 54.3. The quantitative estimate of drug-likeness (QED) is 0.263. The molecule has 1 aliphatic heterocycles. The Hall–Kier alpha value is -4.76. The summed E-state index contributed by atoms with van der Waals surface area (Å²) >= 11 is 0. The highest BCUT2D eigenvalue weighted by atomic mass is 32.2. The fourth-order valence-electron chi connectivity index (χ4n) is 4.19. The third kappa shape index (κ3) is 4.68. The number of sulfonamides is 2. The number of fused-ring (bicyclic) bond motifs is 3. The molecule has 4 aromatic rings. The third-order valence-electron chi connectivity index (χ3n) is 5.92. The van der Waals surface area contributed by atoms with E-state index in [1.807, 2.05) is 0 Å². The molecule has 39 heavy (non-hydrogen) atoms. The average Bonchev–Trinajstić information content (AvgIpc) is 3.29. The van der Waals surface area contributed by atoms with Gasteiger partial charge in [-0.1, -0.05) is 18.2 Å². The lowest BCUT2D eigenvalue weighted by atomic mass is 10.1. The minimum Gasteiger partial charge on any atom is -0.321 e. The van der Waals surface area contributed by atoms with Crippen molar-refractivity contribution in [3.05, 3.63) is 88.6 Å². The van der Waals surface area contributed by atoms with Crippen LogP contribution in [0.1, 0.15) is 10.5 Å². The fraction of sp³-hybridized carbons (Fsp3) is 0.0833. The van der Waals surface area contributed by atoms with E-state index in [1.54, 1.807) is 18.2 Å². The first-order valence-corrected chi connectivity index (χ1v) is 14.6. The molecule has 3 aromatic carbocycles. The van der Waals surface area contributed by atoms with Gasteiger partial charge in [-0.2, -0.15) is 5.10 Å². The van der Waals surface area contributed by atoms with E-state index in [1.165, 1.54) is 66.3 Å². The van der Waals surface area contributed by atoms with Crippen LogP contribution in [0.4, 0.5) is 22.7 Å². The molecule has 1 aromatic heterocycles. The number of hydrogen-bond acceptors (Lipinski definition) is 8. The molecule has 0 unspecified atom stereocenters. The van der Waals surface area contributed by atoms with E-state index in [9.17, 15) is 31.7 Å². The summed E-state index contributed by atoms with van der Waals surface area (Å²) in [5.41, 5.74) is 1.27. The number of nitro benzene ring substituents is 1. The molecule has 1 amide bonds. The van der Waals surface area contributed by atoms with Gasteiger partial charge in [0.25, 0.3) is 21.6 Å². The second-order valence-corrected chi connectivity index (χ2v) is 12.3. The Morgan fingerprint density at radius 1 is 0.974 bits per heavy atom. The van der Waals surface area contributed by atoms with E-state index in [-0.39, 0.29) is 27.7 Å². The Bertz CT molecular complexity index is 1850. The molecule has 0 radical (unpaired) electrons. The van der Waals surface area contributed by atoms with Gasteiger partial charge >= 0.3 is 0 Å². The molecule has 0 saturated heterocycles. The van der Waals surface area contributed by atoms with Gasteiger partial charge in [0, 0.05) is 36.1 Å². The minimum atomic E-state index is -4.03. The van der Waals surface area contributed by atoms with Crippen LogP contribution >= 0.6 is 0 Å². The first-order chi connectivity index (χ1) is 18.4. The zero-order valence-electron chi connectivity index (χ0n) is 20.4. The van der Waals surface area contributed by atoms with Gasteiger partial charge in [0.05, 0.1) is 21.8 Å². The molecule has 2 N–H and O–H groups in total. The van der Waals surface area contributed by atoms with Crippen molar-refractivity contribution >= 4 is 48.7 Å². The molecule has 0 atom stereocenters. The molecule has 15 heteroatoms. The van der Waals surface area contributed by atoms with E-state index < -0.39 is 30.9 Å². The highest BCUT2D eigenvalue weighted by Crippen LogP contribution is 2.45. The zero-order valence-corrected chi connectivity index (χ0v) is 22.0. The number of nitro groups is 1. The summed E-state index contributed by atoms with van der Waals surface area (Å²) in [5.74, 6) is -0.725. The van der Waals surface area contributed by atoms with Gasteiger partial charge in [0.2, 0.25) is 10.0 Å². The molecule has 1 aliphatic rings. The maximum atomic E-state index is 13.4. The van der Waals surface area contributed by atoms with E-state index in [2.05, 4.69) is 15.1 Å². The number of nitrogens with zero attached hydrogens (tertiary/aromatic N) is 4. The Morgan fingerprint density at radius 3 is 2.21 bits per heavy atom. The predicted octanol–water partition coefficient (Wildman–Crippen LogP) is 3.21. The third-order valence-corrected chi connectivity index (χ3v) is 8.34. The Kier molecular flexibility index (Phi) is 6.11. The molecule has 0 saturated carbocycles. The molecule has 0 aliphatic carbocycles. The lowest BCUT2D eigenvalue weighted by Crippen LogP contribution is -2.32. The summed E-state index contributed by atoms with van der Waals surface area (Å²) in [6.07, 6.45) is 1.01. The molecular weight excluding hydrogens is 548 g/mol. The standard InChI is InChI=1S/C24H20N6O7S2/c1-28-23-21(24(31)25-15-7-9-16(10-8-15)27-38(2,34)35)26-29(17-11-13-18(14-12-17)30(32)33)22(23)19-5-3-4-6-20(19)39(28,36)37/h3-14,27H,1-2H3,(H,25,31). The number of carbonyl (C=O) groups excluding carboxylic acids is 1. The van der Waals surface area contributed by atoms with Crippen LogP contribution in [0, 0.1) is 10.1 Å². The molecule has 0 spiro atoms. The summed E-state index contributed by atoms with van der Waals surface area (Å²) in [6.45, 7) is 0. The lowest BCUT2D eigenvalue weighted by molar-refractivity contribution is -0.384. The van der Waals surface area contributed by atoms with Crippen molar-refractivity contribution in [2.75, 3.05) is 27.6 Å². The number of non-ortho nitro benzene ring substituents is 1. The van der Waals surface area contributed by atoms with Crippen molar-refractivity contribution in [1.29, 1.82) is 0 Å². The average molecular weight is 569 g/mol. The van der Waals surface area contributed by atoms with Crippen molar-refractivity contribution in [3.8, 4) is 16.9 Å². The second kappa shape index (κ2) is 9.21. The molecular formula is C24H20N6O7S2. The summed E-state index contributed by atoms with van der Waals surface area (Å²) in [6, 6.07) is 17.6. The normalized spacial score (nSPS) is 13.7. The number of aromatic nitrogens is 2. The smallest absolute Gasteiger partial charge is 0.278 e. The van der Waals surface area contributed by atoms with Gasteiger partial charge in [0.15, 0.2) is 5.69 Å².